The molecule has 1 unspecified atom stereocenters. The fourth-order valence-electron chi connectivity index (χ4n) is 1.95. The van der Waals surface area contributed by atoms with Crippen LogP contribution in [0, 0.1) is 5.82 Å². The lowest BCUT2D eigenvalue weighted by Crippen LogP contribution is -2.14. The molecule has 0 aliphatic heterocycles. The van der Waals surface area contributed by atoms with Gasteiger partial charge in [-0.25, -0.2) is 4.39 Å². The van der Waals surface area contributed by atoms with Crippen molar-refractivity contribution < 1.29 is 8.81 Å². The van der Waals surface area contributed by atoms with E-state index in [1.54, 1.807) is 24.3 Å². The zero-order valence-electron chi connectivity index (χ0n) is 9.81. The molecule has 0 aliphatic rings. The summed E-state index contributed by atoms with van der Waals surface area (Å²) >= 11 is 5.90. The lowest BCUT2D eigenvalue weighted by Gasteiger charge is -2.08. The predicted octanol–water partition coefficient (Wildman–Crippen LogP) is 3.67. The molecule has 0 saturated carbocycles. The molecule has 0 aliphatic carbocycles. The van der Waals surface area contributed by atoms with Gasteiger partial charge in [0.15, 0.2) is 0 Å². The van der Waals surface area contributed by atoms with Crippen LogP contribution in [-0.4, -0.2) is 4.98 Å². The van der Waals surface area contributed by atoms with Crippen molar-refractivity contribution in [3.05, 3.63) is 64.9 Å². The topological polar surface area (TPSA) is 52.0 Å². The van der Waals surface area contributed by atoms with E-state index in [9.17, 15) is 4.39 Å². The predicted molar refractivity (Wildman–Crippen MR) is 71.4 cm³/mol. The minimum Gasteiger partial charge on any atom is -0.459 e. The number of pyridine rings is 1. The van der Waals surface area contributed by atoms with Gasteiger partial charge in [0, 0.05) is 16.6 Å². The highest BCUT2D eigenvalue weighted by Crippen LogP contribution is 2.28. The van der Waals surface area contributed by atoms with Crippen molar-refractivity contribution in [3.63, 3.8) is 0 Å². The Labute approximate surface area is 113 Å². The minimum absolute atomic E-state index is 0.160. The number of hydrogen-bond acceptors (Lipinski definition) is 3. The summed E-state index contributed by atoms with van der Waals surface area (Å²) in [5.41, 5.74) is 6.81. The van der Waals surface area contributed by atoms with Crippen LogP contribution in [0.4, 0.5) is 4.39 Å². The third-order valence-corrected chi connectivity index (χ3v) is 3.12. The van der Waals surface area contributed by atoms with E-state index in [1.807, 2.05) is 0 Å². The average Bonchev–Trinajstić information content (AvgIpc) is 2.81. The summed E-state index contributed by atoms with van der Waals surface area (Å²) in [5, 5.41) is 1.44. The van der Waals surface area contributed by atoms with Crippen LogP contribution in [0.3, 0.4) is 0 Å². The van der Waals surface area contributed by atoms with E-state index in [4.69, 9.17) is 21.8 Å². The standard InChI is InChI=1S/C14H10ClFN2O/c15-9-3-4-11-8(6-9)7-12(19-11)13(17)14-10(16)2-1-5-18-14/h1-7,13H,17H2. The fraction of sp³-hybridized carbons (Fsp3) is 0.0714. The Morgan fingerprint density at radius 3 is 2.89 bits per heavy atom. The molecular formula is C14H10ClFN2O. The number of halogens is 2. The summed E-state index contributed by atoms with van der Waals surface area (Å²) in [6.45, 7) is 0. The van der Waals surface area contributed by atoms with Gasteiger partial charge in [-0.2, -0.15) is 0 Å². The van der Waals surface area contributed by atoms with Gasteiger partial charge in [0.1, 0.15) is 28.9 Å². The van der Waals surface area contributed by atoms with Gasteiger partial charge in [-0.1, -0.05) is 11.6 Å². The van der Waals surface area contributed by atoms with Crippen molar-refractivity contribution in [2.75, 3.05) is 0 Å². The van der Waals surface area contributed by atoms with E-state index in [2.05, 4.69) is 4.98 Å². The molecule has 0 fully saturated rings. The number of benzene rings is 1. The molecule has 0 saturated heterocycles. The Morgan fingerprint density at radius 1 is 1.26 bits per heavy atom. The molecule has 2 N–H and O–H groups in total. The van der Waals surface area contributed by atoms with E-state index in [-0.39, 0.29) is 5.69 Å². The number of fused-ring (bicyclic) bond motifs is 1. The second-order valence-corrected chi connectivity index (χ2v) is 4.62. The highest BCUT2D eigenvalue weighted by atomic mass is 35.5. The monoisotopic (exact) mass is 276 g/mol. The Balaban J connectivity index is 2.07. The van der Waals surface area contributed by atoms with E-state index < -0.39 is 11.9 Å². The van der Waals surface area contributed by atoms with Crippen molar-refractivity contribution >= 4 is 22.6 Å². The summed E-state index contributed by atoms with van der Waals surface area (Å²) in [6, 6.07) is 9.09. The van der Waals surface area contributed by atoms with Crippen LogP contribution in [-0.2, 0) is 0 Å². The number of hydrogen-bond donors (Lipinski definition) is 1. The first-order valence-corrected chi connectivity index (χ1v) is 6.08. The summed E-state index contributed by atoms with van der Waals surface area (Å²) < 4.78 is 19.2. The maximum Gasteiger partial charge on any atom is 0.146 e. The maximum atomic E-state index is 13.6. The van der Waals surface area contributed by atoms with E-state index in [1.165, 1.54) is 18.3 Å². The number of nitrogens with two attached hydrogens (primary N) is 1. The van der Waals surface area contributed by atoms with Crippen molar-refractivity contribution in [1.29, 1.82) is 0 Å². The number of furan rings is 1. The first-order valence-electron chi connectivity index (χ1n) is 5.70. The minimum atomic E-state index is -0.743. The normalized spacial score (nSPS) is 12.8. The van der Waals surface area contributed by atoms with Gasteiger partial charge >= 0.3 is 0 Å². The Morgan fingerprint density at radius 2 is 2.11 bits per heavy atom. The largest absolute Gasteiger partial charge is 0.459 e. The van der Waals surface area contributed by atoms with E-state index in [0.29, 0.717) is 16.4 Å². The summed E-state index contributed by atoms with van der Waals surface area (Å²) in [4.78, 5) is 3.96. The van der Waals surface area contributed by atoms with E-state index >= 15 is 0 Å². The highest BCUT2D eigenvalue weighted by molar-refractivity contribution is 6.31. The van der Waals surface area contributed by atoms with Gasteiger partial charge in [0.2, 0.25) is 0 Å². The van der Waals surface area contributed by atoms with Crippen LogP contribution in [0.15, 0.2) is 47.0 Å². The molecule has 3 nitrogen and oxygen atoms in total. The smallest absolute Gasteiger partial charge is 0.146 e. The first kappa shape index (κ1) is 12.1. The van der Waals surface area contributed by atoms with Gasteiger partial charge in [0.05, 0.1) is 0 Å². The Kier molecular flexibility index (Phi) is 2.97. The zero-order chi connectivity index (χ0) is 13.4. The maximum absolute atomic E-state index is 13.6. The molecule has 2 heterocycles. The van der Waals surface area contributed by atoms with Crippen LogP contribution in [0.1, 0.15) is 17.5 Å². The van der Waals surface area contributed by atoms with Crippen molar-refractivity contribution in [2.24, 2.45) is 5.73 Å². The Bertz CT molecular complexity index is 741. The molecule has 0 spiro atoms. The molecule has 0 amide bonds. The highest BCUT2D eigenvalue weighted by Gasteiger charge is 2.18. The number of aromatic nitrogens is 1. The second-order valence-electron chi connectivity index (χ2n) is 4.18. The van der Waals surface area contributed by atoms with Crippen LogP contribution in [0.25, 0.3) is 11.0 Å². The van der Waals surface area contributed by atoms with Crippen LogP contribution in [0.5, 0.6) is 0 Å². The average molecular weight is 277 g/mol. The van der Waals surface area contributed by atoms with E-state index in [0.717, 1.165) is 5.39 Å². The fourth-order valence-corrected chi connectivity index (χ4v) is 2.13. The van der Waals surface area contributed by atoms with Crippen molar-refractivity contribution in [3.8, 4) is 0 Å². The molecule has 3 rings (SSSR count). The SMILES string of the molecule is NC(c1cc2cc(Cl)ccc2o1)c1ncccc1F. The Hall–Kier alpha value is -1.91. The third-order valence-electron chi connectivity index (χ3n) is 2.89. The van der Waals surface area contributed by atoms with Crippen molar-refractivity contribution in [2.45, 2.75) is 6.04 Å². The molecule has 0 bridgehead atoms. The van der Waals surface area contributed by atoms with Gasteiger partial charge in [0.25, 0.3) is 0 Å². The summed E-state index contributed by atoms with van der Waals surface area (Å²) in [7, 11) is 0. The van der Waals surface area contributed by atoms with Crippen LogP contribution < -0.4 is 5.73 Å². The van der Waals surface area contributed by atoms with Crippen LogP contribution >= 0.6 is 11.6 Å². The summed E-state index contributed by atoms with van der Waals surface area (Å²) in [5.74, 6) is 0.00311. The van der Waals surface area contributed by atoms with Crippen molar-refractivity contribution in [1.82, 2.24) is 4.98 Å². The van der Waals surface area contributed by atoms with Gasteiger partial charge in [-0.15, -0.1) is 0 Å². The lowest BCUT2D eigenvalue weighted by atomic mass is 10.1. The molecular weight excluding hydrogens is 267 g/mol. The zero-order valence-corrected chi connectivity index (χ0v) is 10.6. The molecule has 3 aromatic rings. The van der Waals surface area contributed by atoms with Gasteiger partial charge in [-0.3, -0.25) is 4.98 Å². The van der Waals surface area contributed by atoms with Gasteiger partial charge in [-0.05, 0) is 36.4 Å². The molecule has 2 aromatic heterocycles. The molecule has 96 valence electrons. The quantitative estimate of drug-likeness (QED) is 0.777. The third kappa shape index (κ3) is 2.20. The molecule has 0 radical (unpaired) electrons. The van der Waals surface area contributed by atoms with Gasteiger partial charge < -0.3 is 10.2 Å². The molecule has 1 aromatic carbocycles. The first-order chi connectivity index (χ1) is 9.15. The summed E-state index contributed by atoms with van der Waals surface area (Å²) in [6.07, 6.45) is 1.50. The molecule has 5 heteroatoms. The number of nitrogens with zero attached hydrogens (tertiary/aromatic N) is 1. The lowest BCUT2D eigenvalue weighted by molar-refractivity contribution is 0.502. The number of rotatable bonds is 2. The molecule has 1 atom stereocenters. The van der Waals surface area contributed by atoms with Crippen LogP contribution in [0.2, 0.25) is 5.02 Å². The second kappa shape index (κ2) is 4.64. The molecule has 19 heavy (non-hydrogen) atoms.